The van der Waals surface area contributed by atoms with Crippen molar-refractivity contribution in [3.8, 4) is 0 Å². The molecule has 3 unspecified atom stereocenters. The zero-order valence-corrected chi connectivity index (χ0v) is 20.6. The van der Waals surface area contributed by atoms with Crippen LogP contribution < -0.4 is 0 Å². The fraction of sp³-hybridized carbons (Fsp3) is 0.143. The van der Waals surface area contributed by atoms with Crippen LogP contribution in [0.3, 0.4) is 0 Å². The van der Waals surface area contributed by atoms with Gasteiger partial charge in [-0.2, -0.15) is 0 Å². The van der Waals surface area contributed by atoms with E-state index in [-0.39, 0.29) is 29.6 Å². The van der Waals surface area contributed by atoms with Crippen LogP contribution in [0.2, 0.25) is 6.55 Å². The molecular weight excluding hydrogens is 387 g/mol. The standard InChI is InChI=1S/C28H24Si.Na/c1-29(26-17-14-20-8-2-5-11-23(20)26,27-18-15-21-9-3-6-12-24(21)27)28-19-16-22-10-4-7-13-25(22)28;/h2-19,26-28H,1H3;. The molecule has 6 rings (SSSR count). The zero-order valence-electron chi connectivity index (χ0n) is 17.6. The maximum Gasteiger partial charge on any atom is 0.0859 e. The fourth-order valence-corrected chi connectivity index (χ4v) is 11.4. The topological polar surface area (TPSA) is 0 Å². The van der Waals surface area contributed by atoms with E-state index in [2.05, 4.69) is 116 Å². The van der Waals surface area contributed by atoms with E-state index in [0.29, 0.717) is 16.6 Å². The number of rotatable bonds is 3. The van der Waals surface area contributed by atoms with Crippen LogP contribution in [0.25, 0.3) is 18.2 Å². The Morgan fingerprint density at radius 1 is 0.500 bits per heavy atom. The van der Waals surface area contributed by atoms with Crippen molar-refractivity contribution >= 4 is 55.9 Å². The molecule has 3 aliphatic rings. The SMILES string of the molecule is C[Si](C1C=Cc2ccccc21)(C1C=Cc2ccccc21)C1C=Cc2ccccc21.[Na]. The van der Waals surface area contributed by atoms with Crippen molar-refractivity contribution in [3.05, 3.63) is 124 Å². The molecule has 0 saturated carbocycles. The first-order valence-electron chi connectivity index (χ1n) is 10.6. The van der Waals surface area contributed by atoms with Gasteiger partial charge in [-0.3, -0.25) is 0 Å². The first kappa shape index (κ1) is 20.0. The summed E-state index contributed by atoms with van der Waals surface area (Å²) >= 11 is 0. The minimum absolute atomic E-state index is 0. The smallest absolute Gasteiger partial charge is 0.0790 e. The van der Waals surface area contributed by atoms with Crippen LogP contribution in [0.5, 0.6) is 0 Å². The summed E-state index contributed by atoms with van der Waals surface area (Å²) in [6.07, 6.45) is 14.6. The van der Waals surface area contributed by atoms with E-state index in [1.54, 1.807) is 0 Å². The largest absolute Gasteiger partial charge is 0.0859 e. The number of benzene rings is 3. The number of allylic oxidation sites excluding steroid dienone is 3. The van der Waals surface area contributed by atoms with Crippen molar-refractivity contribution in [2.75, 3.05) is 0 Å². The van der Waals surface area contributed by atoms with Crippen LogP contribution in [-0.4, -0.2) is 37.6 Å². The van der Waals surface area contributed by atoms with Crippen molar-refractivity contribution in [1.29, 1.82) is 0 Å². The predicted octanol–water partition coefficient (Wildman–Crippen LogP) is 6.73. The summed E-state index contributed by atoms with van der Waals surface area (Å²) in [6.45, 7) is 2.65. The molecule has 0 saturated heterocycles. The van der Waals surface area contributed by atoms with Crippen molar-refractivity contribution in [3.63, 3.8) is 0 Å². The van der Waals surface area contributed by atoms with Gasteiger partial charge in [0.05, 0.1) is 8.07 Å². The molecule has 0 fully saturated rings. The van der Waals surface area contributed by atoms with Gasteiger partial charge in [-0.1, -0.05) is 116 Å². The average molecular weight is 412 g/mol. The summed E-state index contributed by atoms with van der Waals surface area (Å²) < 4.78 is 0. The third-order valence-corrected chi connectivity index (χ3v) is 12.9. The molecule has 3 aliphatic carbocycles. The van der Waals surface area contributed by atoms with E-state index in [9.17, 15) is 0 Å². The number of fused-ring (bicyclic) bond motifs is 3. The maximum absolute atomic E-state index is 2.65. The maximum atomic E-state index is 2.65. The monoisotopic (exact) mass is 411 g/mol. The summed E-state index contributed by atoms with van der Waals surface area (Å²) in [5, 5.41) is 0. The van der Waals surface area contributed by atoms with Crippen LogP contribution in [0, 0.1) is 0 Å². The molecule has 3 aromatic carbocycles. The first-order valence-corrected chi connectivity index (χ1v) is 13.3. The van der Waals surface area contributed by atoms with E-state index in [1.165, 1.54) is 33.4 Å². The van der Waals surface area contributed by atoms with Crippen molar-refractivity contribution in [1.82, 2.24) is 0 Å². The van der Waals surface area contributed by atoms with Gasteiger partial charge < -0.3 is 0 Å². The van der Waals surface area contributed by atoms with Gasteiger partial charge in [-0.05, 0) is 50.0 Å². The number of hydrogen-bond donors (Lipinski definition) is 0. The molecule has 2 heteroatoms. The van der Waals surface area contributed by atoms with Gasteiger partial charge in [-0.25, -0.2) is 0 Å². The summed E-state index contributed by atoms with van der Waals surface area (Å²) in [7, 11) is -1.96. The second-order valence-electron chi connectivity index (χ2n) is 8.76. The Balaban J connectivity index is 0.00000193. The van der Waals surface area contributed by atoms with E-state index in [1.807, 2.05) is 0 Å². The van der Waals surface area contributed by atoms with Crippen molar-refractivity contribution in [2.24, 2.45) is 0 Å². The molecule has 0 aliphatic heterocycles. The second-order valence-corrected chi connectivity index (χ2v) is 13.4. The van der Waals surface area contributed by atoms with Crippen LogP contribution in [0.4, 0.5) is 0 Å². The average Bonchev–Trinajstić information content (AvgIpc) is 3.49. The third kappa shape index (κ3) is 2.84. The van der Waals surface area contributed by atoms with Crippen LogP contribution in [0.15, 0.2) is 91.0 Å². The van der Waals surface area contributed by atoms with E-state index >= 15 is 0 Å². The molecule has 30 heavy (non-hydrogen) atoms. The molecule has 0 heterocycles. The molecule has 0 N–H and O–H groups in total. The molecule has 0 bridgehead atoms. The van der Waals surface area contributed by atoms with E-state index < -0.39 is 8.07 Å². The normalized spacial score (nSPS) is 24.1. The fourth-order valence-electron chi connectivity index (χ4n) is 5.96. The Hall–Kier alpha value is -1.90. The molecule has 0 amide bonds. The van der Waals surface area contributed by atoms with Crippen molar-refractivity contribution in [2.45, 2.75) is 23.2 Å². The predicted molar refractivity (Wildman–Crippen MR) is 132 cm³/mol. The molecule has 3 aromatic rings. The molecule has 141 valence electrons. The molecule has 0 aromatic heterocycles. The van der Waals surface area contributed by atoms with Gasteiger partial charge in [0.2, 0.25) is 0 Å². The van der Waals surface area contributed by atoms with Crippen molar-refractivity contribution < 1.29 is 0 Å². The van der Waals surface area contributed by atoms with Gasteiger partial charge >= 0.3 is 0 Å². The zero-order chi connectivity index (χ0) is 19.4. The van der Waals surface area contributed by atoms with Crippen LogP contribution in [0.1, 0.15) is 50.0 Å². The molecule has 3 atom stereocenters. The van der Waals surface area contributed by atoms with Crippen LogP contribution in [-0.2, 0) is 0 Å². The molecule has 0 nitrogen and oxygen atoms in total. The summed E-state index contributed by atoms with van der Waals surface area (Å²) in [5.41, 5.74) is 10.3. The summed E-state index contributed by atoms with van der Waals surface area (Å²) in [5.74, 6) is 0. The van der Waals surface area contributed by atoms with Crippen LogP contribution >= 0.6 is 0 Å². The van der Waals surface area contributed by atoms with Gasteiger partial charge in [0.15, 0.2) is 0 Å². The number of hydrogen-bond acceptors (Lipinski definition) is 0. The Kier molecular flexibility index (Phi) is 5.11. The first-order chi connectivity index (χ1) is 14.3. The molecule has 0 spiro atoms. The third-order valence-electron chi connectivity index (χ3n) is 7.41. The van der Waals surface area contributed by atoms with Gasteiger partial charge in [0.25, 0.3) is 0 Å². The van der Waals surface area contributed by atoms with Gasteiger partial charge in [-0.15, -0.1) is 0 Å². The Morgan fingerprint density at radius 3 is 1.13 bits per heavy atom. The second kappa shape index (κ2) is 7.66. The summed E-state index contributed by atoms with van der Waals surface area (Å²) in [4.78, 5) is 0. The molecular formula is C28H24NaSi. The van der Waals surface area contributed by atoms with E-state index in [4.69, 9.17) is 0 Å². The summed E-state index contributed by atoms with van der Waals surface area (Å²) in [6, 6.07) is 27.0. The quantitative estimate of drug-likeness (QED) is 0.419. The minimum Gasteiger partial charge on any atom is -0.0790 e. The van der Waals surface area contributed by atoms with E-state index in [0.717, 1.165) is 0 Å². The molecule has 1 radical (unpaired) electrons. The Morgan fingerprint density at radius 2 is 0.800 bits per heavy atom. The van der Waals surface area contributed by atoms with Gasteiger partial charge in [0, 0.05) is 29.6 Å². The Labute approximate surface area is 202 Å². The Bertz CT molecular complexity index is 1050. The van der Waals surface area contributed by atoms with Gasteiger partial charge in [0.1, 0.15) is 0 Å². The minimum atomic E-state index is -1.96.